The highest BCUT2D eigenvalue weighted by Crippen LogP contribution is 2.29. The van der Waals surface area contributed by atoms with Gasteiger partial charge in [-0.1, -0.05) is 104 Å². The van der Waals surface area contributed by atoms with Crippen LogP contribution in [-0.2, 0) is 9.16 Å². The number of hydrogen-bond acceptors (Lipinski definition) is 2. The van der Waals surface area contributed by atoms with Gasteiger partial charge >= 0.3 is 0 Å². The third-order valence-corrected chi connectivity index (χ3v) is 5.85. The van der Waals surface area contributed by atoms with Gasteiger partial charge in [0.15, 0.2) is 0 Å². The Morgan fingerprint density at radius 2 is 1.12 bits per heavy atom. The quantitative estimate of drug-likeness (QED) is 0.143. The van der Waals surface area contributed by atoms with Crippen molar-refractivity contribution in [1.29, 1.82) is 0 Å². The lowest BCUT2D eigenvalue weighted by molar-refractivity contribution is -0.173. The molecule has 1 unspecified atom stereocenters. The number of rotatable bonds is 19. The predicted octanol–water partition coefficient (Wildman–Crippen LogP) is 6.69. The Hall–Kier alpha value is 0.137. The fourth-order valence-corrected chi connectivity index (χ4v) is 3.91. The molecule has 0 heterocycles. The lowest BCUT2D eigenvalue weighted by Crippen LogP contribution is -2.35. The van der Waals surface area contributed by atoms with Crippen molar-refractivity contribution in [3.8, 4) is 0 Å². The number of ether oxygens (including phenoxy) is 1. The van der Waals surface area contributed by atoms with Crippen molar-refractivity contribution in [3.63, 3.8) is 0 Å². The van der Waals surface area contributed by atoms with E-state index in [4.69, 9.17) is 9.16 Å². The fourth-order valence-electron chi connectivity index (χ4n) is 3.58. The molecule has 3 heteroatoms. The average molecular weight is 373 g/mol. The van der Waals surface area contributed by atoms with E-state index in [1.165, 1.54) is 89.9 Å². The Morgan fingerprint density at radius 3 is 1.52 bits per heavy atom. The summed E-state index contributed by atoms with van der Waals surface area (Å²) in [7, 11) is 0.768. The fraction of sp³-hybridized carbons (Fsp3) is 1.00. The Labute approximate surface area is 162 Å². The molecule has 0 aliphatic heterocycles. The van der Waals surface area contributed by atoms with E-state index in [2.05, 4.69) is 27.7 Å². The Kier molecular flexibility index (Phi) is 17.6. The van der Waals surface area contributed by atoms with Crippen molar-refractivity contribution in [3.05, 3.63) is 0 Å². The van der Waals surface area contributed by atoms with Gasteiger partial charge in [0.2, 0.25) is 0 Å². The first-order valence-electron chi connectivity index (χ1n) is 11.3. The smallest absolute Gasteiger partial charge is 0.149 e. The summed E-state index contributed by atoms with van der Waals surface area (Å²) in [6, 6.07) is 0. The van der Waals surface area contributed by atoms with Gasteiger partial charge in [-0.2, -0.15) is 0 Å². The second kappa shape index (κ2) is 17.5. The summed E-state index contributed by atoms with van der Waals surface area (Å²) in [4.78, 5) is 0. The minimum Gasteiger partial charge on any atom is -0.404 e. The van der Waals surface area contributed by atoms with E-state index in [-0.39, 0.29) is 11.9 Å². The molecule has 2 nitrogen and oxygen atoms in total. The minimum absolute atomic E-state index is 0.0137. The molecule has 0 aromatic carbocycles. The van der Waals surface area contributed by atoms with Crippen molar-refractivity contribution < 1.29 is 9.16 Å². The van der Waals surface area contributed by atoms with Crippen LogP contribution in [0.5, 0.6) is 0 Å². The maximum absolute atomic E-state index is 6.50. The molecular weight excluding hydrogens is 324 g/mol. The van der Waals surface area contributed by atoms with Crippen LogP contribution in [0.3, 0.4) is 0 Å². The first kappa shape index (κ1) is 25.1. The van der Waals surface area contributed by atoms with Crippen molar-refractivity contribution >= 4 is 10.5 Å². The molecule has 0 fully saturated rings. The van der Waals surface area contributed by atoms with Crippen molar-refractivity contribution in [2.24, 2.45) is 0 Å². The zero-order valence-electron chi connectivity index (χ0n) is 18.2. The molecule has 0 radical (unpaired) electrons. The highest BCUT2D eigenvalue weighted by atomic mass is 28.2. The summed E-state index contributed by atoms with van der Waals surface area (Å²) in [5.41, 5.74) is 0.0137. The van der Waals surface area contributed by atoms with Crippen LogP contribution < -0.4 is 0 Å². The molecule has 0 aliphatic rings. The van der Waals surface area contributed by atoms with Crippen LogP contribution >= 0.6 is 0 Å². The molecule has 0 bridgehead atoms. The highest BCUT2D eigenvalue weighted by molar-refractivity contribution is 5.98. The van der Waals surface area contributed by atoms with E-state index in [1.54, 1.807) is 0 Å². The maximum atomic E-state index is 6.50. The molecule has 0 aromatic rings. The standard InChI is InChI=1S/C22H48O2Si/c1-5-8-10-12-14-16-19-22(4,23-21(24-25)18-7-3)20-17-15-13-11-9-6-2/h21H,5-20H2,1-4,25H3. The summed E-state index contributed by atoms with van der Waals surface area (Å²) in [6.07, 6.45) is 20.9. The van der Waals surface area contributed by atoms with Crippen LogP contribution in [0.15, 0.2) is 0 Å². The van der Waals surface area contributed by atoms with Gasteiger partial charge in [0, 0.05) is 0 Å². The maximum Gasteiger partial charge on any atom is 0.149 e. The molecule has 152 valence electrons. The Bertz CT molecular complexity index is 255. The van der Waals surface area contributed by atoms with Crippen LogP contribution in [0.25, 0.3) is 0 Å². The first-order chi connectivity index (χ1) is 12.1. The van der Waals surface area contributed by atoms with E-state index >= 15 is 0 Å². The van der Waals surface area contributed by atoms with Gasteiger partial charge in [0.25, 0.3) is 0 Å². The zero-order chi connectivity index (χ0) is 18.8. The Morgan fingerprint density at radius 1 is 0.680 bits per heavy atom. The highest BCUT2D eigenvalue weighted by Gasteiger charge is 2.27. The van der Waals surface area contributed by atoms with E-state index in [9.17, 15) is 0 Å². The summed E-state index contributed by atoms with van der Waals surface area (Å²) in [5, 5.41) is 0. The van der Waals surface area contributed by atoms with Crippen molar-refractivity contribution in [2.45, 2.75) is 142 Å². The van der Waals surface area contributed by atoms with Crippen LogP contribution in [0.1, 0.15) is 130 Å². The van der Waals surface area contributed by atoms with E-state index < -0.39 is 0 Å². The third-order valence-electron chi connectivity index (χ3n) is 5.32. The van der Waals surface area contributed by atoms with Gasteiger partial charge in [-0.05, 0) is 26.2 Å². The molecule has 25 heavy (non-hydrogen) atoms. The lowest BCUT2D eigenvalue weighted by atomic mass is 9.91. The first-order valence-corrected chi connectivity index (χ1v) is 12.1. The molecule has 0 saturated carbocycles. The van der Waals surface area contributed by atoms with E-state index in [1.807, 2.05) is 0 Å². The topological polar surface area (TPSA) is 18.5 Å². The molecule has 0 rings (SSSR count). The molecule has 0 amide bonds. The summed E-state index contributed by atoms with van der Waals surface area (Å²) in [5.74, 6) is 0. The summed E-state index contributed by atoms with van der Waals surface area (Å²) < 4.78 is 12.2. The predicted molar refractivity (Wildman–Crippen MR) is 115 cm³/mol. The second-order valence-electron chi connectivity index (χ2n) is 8.06. The summed E-state index contributed by atoms with van der Waals surface area (Å²) >= 11 is 0. The van der Waals surface area contributed by atoms with Gasteiger partial charge in [-0.25, -0.2) is 0 Å². The van der Waals surface area contributed by atoms with Crippen molar-refractivity contribution in [1.82, 2.24) is 0 Å². The minimum atomic E-state index is 0.0137. The van der Waals surface area contributed by atoms with Gasteiger partial charge < -0.3 is 9.16 Å². The van der Waals surface area contributed by atoms with E-state index in [0.717, 1.165) is 23.3 Å². The Balaban J connectivity index is 4.27. The monoisotopic (exact) mass is 372 g/mol. The molecule has 0 aromatic heterocycles. The molecular formula is C22H48O2Si. The SMILES string of the molecule is CCCCCCCCC(C)(CCCCCCCC)OC(CCC)O[SiH3]. The normalized spacial score (nSPS) is 13.4. The molecule has 0 N–H and O–H groups in total. The van der Waals surface area contributed by atoms with Crippen LogP contribution in [0.2, 0.25) is 0 Å². The summed E-state index contributed by atoms with van der Waals surface area (Å²) in [6.45, 7) is 9.13. The molecule has 0 spiro atoms. The van der Waals surface area contributed by atoms with Gasteiger partial charge in [0.05, 0.1) is 5.60 Å². The van der Waals surface area contributed by atoms with Gasteiger partial charge in [0.1, 0.15) is 16.8 Å². The zero-order valence-corrected chi connectivity index (χ0v) is 20.2. The number of unbranched alkanes of at least 4 members (excludes halogenated alkanes) is 10. The van der Waals surface area contributed by atoms with Gasteiger partial charge in [-0.3, -0.25) is 0 Å². The van der Waals surface area contributed by atoms with Crippen LogP contribution in [0, 0.1) is 0 Å². The average Bonchev–Trinajstić information content (AvgIpc) is 2.61. The van der Waals surface area contributed by atoms with Gasteiger partial charge in [-0.15, -0.1) is 0 Å². The molecule has 0 aliphatic carbocycles. The lowest BCUT2D eigenvalue weighted by Gasteiger charge is -2.34. The van der Waals surface area contributed by atoms with E-state index in [0.29, 0.717) is 0 Å². The molecule has 1 atom stereocenters. The third kappa shape index (κ3) is 14.9. The van der Waals surface area contributed by atoms with Crippen molar-refractivity contribution in [2.75, 3.05) is 0 Å². The largest absolute Gasteiger partial charge is 0.404 e. The second-order valence-corrected chi connectivity index (χ2v) is 8.53. The molecule has 0 saturated heterocycles. The van der Waals surface area contributed by atoms with Crippen LogP contribution in [-0.4, -0.2) is 22.4 Å². The number of hydrogen-bond donors (Lipinski definition) is 0. The van der Waals surface area contributed by atoms with Crippen LogP contribution in [0.4, 0.5) is 0 Å².